The van der Waals surface area contributed by atoms with E-state index in [4.69, 9.17) is 16.7 Å². The highest BCUT2D eigenvalue weighted by Crippen LogP contribution is 2.20. The van der Waals surface area contributed by atoms with Gasteiger partial charge in [0, 0.05) is 10.1 Å². The van der Waals surface area contributed by atoms with E-state index in [0.29, 0.717) is 4.90 Å². The summed E-state index contributed by atoms with van der Waals surface area (Å²) >= 11 is 5.54. The molecule has 1 aromatic carbocycles. The van der Waals surface area contributed by atoms with Crippen LogP contribution >= 0.6 is 11.6 Å². The topological polar surface area (TPSA) is 54.4 Å². The number of benzene rings is 1. The number of carbonyl (C=O) groups is 1. The van der Waals surface area contributed by atoms with Crippen molar-refractivity contribution in [1.82, 2.24) is 0 Å². The van der Waals surface area contributed by atoms with E-state index < -0.39 is 27.8 Å². The third kappa shape index (κ3) is 3.28. The maximum atomic E-state index is 12.8. The first-order valence-corrected chi connectivity index (χ1v) is 6.08. The maximum absolute atomic E-state index is 12.8. The lowest BCUT2D eigenvalue weighted by atomic mass is 10.3. The van der Waals surface area contributed by atoms with Gasteiger partial charge in [-0.15, -0.1) is 0 Å². The Kier molecular flexibility index (Phi) is 4.44. The van der Waals surface area contributed by atoms with Gasteiger partial charge in [-0.25, -0.2) is 4.39 Å². The number of halogens is 2. The maximum Gasteiger partial charge on any atom is 0.304 e. The van der Waals surface area contributed by atoms with Crippen molar-refractivity contribution in [3.8, 4) is 0 Å². The Labute approximate surface area is 99.7 Å². The quantitative estimate of drug-likeness (QED) is 0.909. The molecule has 2 atom stereocenters. The summed E-state index contributed by atoms with van der Waals surface area (Å²) < 4.78 is 24.7. The minimum Gasteiger partial charge on any atom is -0.481 e. The van der Waals surface area contributed by atoms with E-state index in [1.54, 1.807) is 6.92 Å². The van der Waals surface area contributed by atoms with Crippen molar-refractivity contribution in [2.24, 2.45) is 0 Å². The van der Waals surface area contributed by atoms with Gasteiger partial charge in [-0.2, -0.15) is 0 Å². The van der Waals surface area contributed by atoms with E-state index in [1.807, 2.05) is 0 Å². The summed E-state index contributed by atoms with van der Waals surface area (Å²) in [5.41, 5.74) is 0. The van der Waals surface area contributed by atoms with Crippen molar-refractivity contribution in [1.29, 1.82) is 0 Å². The molecule has 0 heterocycles. The zero-order valence-corrected chi connectivity index (χ0v) is 10.0. The molecule has 0 aromatic heterocycles. The zero-order chi connectivity index (χ0) is 12.3. The number of hydrogen-bond donors (Lipinski definition) is 1. The Morgan fingerprint density at radius 1 is 1.62 bits per heavy atom. The summed E-state index contributed by atoms with van der Waals surface area (Å²) in [6.07, 6.45) is -0.207. The Hall–Kier alpha value is -0.940. The summed E-state index contributed by atoms with van der Waals surface area (Å²) in [4.78, 5) is 10.8. The second-order valence-electron chi connectivity index (χ2n) is 3.28. The highest BCUT2D eigenvalue weighted by atomic mass is 35.5. The number of hydrogen-bond acceptors (Lipinski definition) is 2. The van der Waals surface area contributed by atoms with Crippen molar-refractivity contribution in [3.63, 3.8) is 0 Å². The predicted molar refractivity (Wildman–Crippen MR) is 59.5 cm³/mol. The second kappa shape index (κ2) is 5.41. The largest absolute Gasteiger partial charge is 0.481 e. The molecule has 16 heavy (non-hydrogen) atoms. The summed E-state index contributed by atoms with van der Waals surface area (Å²) in [5, 5.41) is 7.90. The van der Waals surface area contributed by atoms with Crippen molar-refractivity contribution in [2.45, 2.75) is 23.5 Å². The smallest absolute Gasteiger partial charge is 0.304 e. The fourth-order valence-electron chi connectivity index (χ4n) is 1.16. The van der Waals surface area contributed by atoms with E-state index in [-0.39, 0.29) is 11.4 Å². The van der Waals surface area contributed by atoms with E-state index in [0.717, 1.165) is 6.07 Å². The molecule has 1 aromatic rings. The van der Waals surface area contributed by atoms with Gasteiger partial charge in [0.1, 0.15) is 5.82 Å². The Morgan fingerprint density at radius 2 is 2.25 bits per heavy atom. The molecule has 0 saturated carbocycles. The summed E-state index contributed by atoms with van der Waals surface area (Å²) in [6.45, 7) is 1.56. The van der Waals surface area contributed by atoms with Gasteiger partial charge >= 0.3 is 5.97 Å². The monoisotopic (exact) mass is 264 g/mol. The lowest BCUT2D eigenvalue weighted by Crippen LogP contribution is -2.15. The van der Waals surface area contributed by atoms with Crippen LogP contribution in [0, 0.1) is 5.82 Å². The zero-order valence-electron chi connectivity index (χ0n) is 8.44. The first-order chi connectivity index (χ1) is 7.41. The van der Waals surface area contributed by atoms with Gasteiger partial charge in [-0.05, 0) is 25.1 Å². The van der Waals surface area contributed by atoms with Crippen molar-refractivity contribution >= 4 is 28.4 Å². The molecule has 3 nitrogen and oxygen atoms in total. The third-order valence-electron chi connectivity index (χ3n) is 1.95. The number of aliphatic carboxylic acids is 1. The molecule has 0 aliphatic carbocycles. The first-order valence-electron chi connectivity index (χ1n) is 4.49. The minimum absolute atomic E-state index is 0.117. The van der Waals surface area contributed by atoms with Crippen LogP contribution in [0.15, 0.2) is 23.1 Å². The first kappa shape index (κ1) is 13.1. The van der Waals surface area contributed by atoms with Gasteiger partial charge in [0.15, 0.2) is 0 Å². The Bertz CT molecular complexity index is 436. The van der Waals surface area contributed by atoms with Crippen LogP contribution in [0.5, 0.6) is 0 Å². The van der Waals surface area contributed by atoms with E-state index in [2.05, 4.69) is 0 Å². The van der Waals surface area contributed by atoms with Crippen molar-refractivity contribution in [2.75, 3.05) is 0 Å². The molecule has 0 saturated heterocycles. The molecule has 88 valence electrons. The summed E-state index contributed by atoms with van der Waals surface area (Å²) in [5.74, 6) is -1.61. The lowest BCUT2D eigenvalue weighted by molar-refractivity contribution is -0.136. The van der Waals surface area contributed by atoms with Crippen LogP contribution in [0.3, 0.4) is 0 Å². The van der Waals surface area contributed by atoms with Crippen LogP contribution in [0.1, 0.15) is 13.3 Å². The molecule has 0 radical (unpaired) electrons. The van der Waals surface area contributed by atoms with Crippen molar-refractivity contribution in [3.05, 3.63) is 29.0 Å². The highest BCUT2D eigenvalue weighted by Gasteiger charge is 2.17. The van der Waals surface area contributed by atoms with Crippen LogP contribution in [0.2, 0.25) is 5.02 Å². The molecule has 0 aliphatic heterocycles. The summed E-state index contributed by atoms with van der Waals surface area (Å²) in [6, 6.07) is 3.71. The van der Waals surface area contributed by atoms with Gasteiger partial charge < -0.3 is 5.11 Å². The molecule has 0 fully saturated rings. The molecule has 6 heteroatoms. The normalized spacial score (nSPS) is 14.4. The Morgan fingerprint density at radius 3 is 2.75 bits per heavy atom. The molecule has 0 aliphatic rings. The van der Waals surface area contributed by atoms with Crippen LogP contribution in [0.4, 0.5) is 4.39 Å². The van der Waals surface area contributed by atoms with Crippen molar-refractivity contribution < 1.29 is 18.5 Å². The molecule has 0 spiro atoms. The summed E-state index contributed by atoms with van der Waals surface area (Å²) in [7, 11) is -1.50. The van der Waals surface area contributed by atoms with Gasteiger partial charge in [0.25, 0.3) is 0 Å². The molecule has 1 N–H and O–H groups in total. The lowest BCUT2D eigenvalue weighted by Gasteiger charge is -2.09. The molecule has 0 bridgehead atoms. The average Bonchev–Trinajstić information content (AvgIpc) is 2.20. The third-order valence-corrected chi connectivity index (χ3v) is 3.86. The molecule has 1 rings (SSSR count). The molecule has 2 unspecified atom stereocenters. The molecular formula is C10H10ClFO3S. The van der Waals surface area contributed by atoms with Gasteiger partial charge in [-0.3, -0.25) is 9.00 Å². The number of carboxylic acids is 1. The van der Waals surface area contributed by atoms with Gasteiger partial charge in [0.2, 0.25) is 0 Å². The molecular weight excluding hydrogens is 255 g/mol. The molecule has 0 amide bonds. The second-order valence-corrected chi connectivity index (χ2v) is 5.56. The fourth-order valence-corrected chi connectivity index (χ4v) is 2.60. The van der Waals surface area contributed by atoms with Crippen LogP contribution in [-0.4, -0.2) is 20.5 Å². The van der Waals surface area contributed by atoms with E-state index in [9.17, 15) is 13.4 Å². The average molecular weight is 265 g/mol. The predicted octanol–water partition coefficient (Wildman–Crippen LogP) is 2.45. The van der Waals surface area contributed by atoms with Gasteiger partial charge in [0.05, 0.1) is 22.2 Å². The SMILES string of the molecule is CC(CC(=O)O)S(=O)c1ccc(F)c(Cl)c1. The standard InChI is InChI=1S/C10H10ClFO3S/c1-6(4-10(13)14)16(15)7-2-3-9(12)8(11)5-7/h2-3,5-6H,4H2,1H3,(H,13,14). The minimum atomic E-state index is -1.50. The van der Waals surface area contributed by atoms with E-state index >= 15 is 0 Å². The van der Waals surface area contributed by atoms with Crippen LogP contribution in [0.25, 0.3) is 0 Å². The number of rotatable bonds is 4. The van der Waals surface area contributed by atoms with Gasteiger partial charge in [-0.1, -0.05) is 11.6 Å². The Balaban J connectivity index is 2.88. The fraction of sp³-hybridized carbons (Fsp3) is 0.300. The number of carboxylic acid groups (broad SMARTS) is 1. The van der Waals surface area contributed by atoms with E-state index in [1.165, 1.54) is 12.1 Å². The van der Waals surface area contributed by atoms with Crippen LogP contribution in [-0.2, 0) is 15.6 Å². The highest BCUT2D eigenvalue weighted by molar-refractivity contribution is 7.85. The van der Waals surface area contributed by atoms with Crippen LogP contribution < -0.4 is 0 Å².